The summed E-state index contributed by atoms with van der Waals surface area (Å²) in [4.78, 5) is 48.2. The maximum absolute atomic E-state index is 14.1. The molecule has 3 saturated carbocycles. The van der Waals surface area contributed by atoms with Crippen molar-refractivity contribution >= 4 is 27.6 Å². The van der Waals surface area contributed by atoms with E-state index in [0.29, 0.717) is 18.0 Å². The van der Waals surface area contributed by atoms with E-state index >= 15 is 0 Å². The normalized spacial score (nSPS) is 20.4. The number of benzene rings is 1. The van der Waals surface area contributed by atoms with Crippen LogP contribution in [-0.2, 0) is 37.1 Å². The molecule has 13 heteroatoms. The van der Waals surface area contributed by atoms with Crippen LogP contribution in [0.25, 0.3) is 0 Å². The van der Waals surface area contributed by atoms with E-state index in [2.05, 4.69) is 25.9 Å². The lowest BCUT2D eigenvalue weighted by Gasteiger charge is -2.33. The zero-order valence-electron chi connectivity index (χ0n) is 28.6. The Balaban J connectivity index is 1.37. The highest BCUT2D eigenvalue weighted by Crippen LogP contribution is 2.36. The molecular weight excluding hydrogens is 646 g/mol. The number of nitrogens with zero attached hydrogens (tertiary/aromatic N) is 1. The Morgan fingerprint density at radius 2 is 1.63 bits per heavy atom. The van der Waals surface area contributed by atoms with Crippen LogP contribution in [0.2, 0.25) is 0 Å². The van der Waals surface area contributed by atoms with E-state index in [-0.39, 0.29) is 24.8 Å². The van der Waals surface area contributed by atoms with Gasteiger partial charge in [-0.25, -0.2) is 13.4 Å². The van der Waals surface area contributed by atoms with Crippen LogP contribution < -0.4 is 16.0 Å². The van der Waals surface area contributed by atoms with Crippen molar-refractivity contribution in [1.82, 2.24) is 25.9 Å². The van der Waals surface area contributed by atoms with E-state index in [1.54, 1.807) is 30.5 Å². The highest BCUT2D eigenvalue weighted by atomic mass is 32.2. The zero-order valence-corrected chi connectivity index (χ0v) is 29.5. The molecule has 0 bridgehead atoms. The topological polar surface area (TPSA) is 191 Å². The molecule has 3 aliphatic rings. The van der Waals surface area contributed by atoms with E-state index in [4.69, 9.17) is 0 Å². The maximum Gasteiger partial charge on any atom is 0.243 e. The fourth-order valence-corrected chi connectivity index (χ4v) is 8.30. The third-order valence-electron chi connectivity index (χ3n) is 10.5. The Kier molecular flexibility index (Phi) is 12.2. The largest absolute Gasteiger partial charge is 0.390 e. The number of aromatic amines is 1. The lowest BCUT2D eigenvalue weighted by atomic mass is 9.82. The van der Waals surface area contributed by atoms with Crippen molar-refractivity contribution in [2.24, 2.45) is 17.8 Å². The number of aliphatic hydroxyl groups excluding tert-OH is 2. The first-order valence-corrected chi connectivity index (χ1v) is 19.5. The molecule has 6 N–H and O–H groups in total. The summed E-state index contributed by atoms with van der Waals surface area (Å²) in [5.41, 5.74) is 1.31. The molecule has 0 unspecified atom stereocenters. The van der Waals surface area contributed by atoms with Crippen molar-refractivity contribution in [2.45, 2.75) is 126 Å². The number of aliphatic hydroxyl groups is 2. The fourth-order valence-electron chi connectivity index (χ4n) is 6.75. The first kappa shape index (κ1) is 37.0. The molecule has 12 nitrogen and oxygen atoms in total. The number of H-pyrrole nitrogens is 1. The van der Waals surface area contributed by atoms with E-state index in [1.165, 1.54) is 20.2 Å². The van der Waals surface area contributed by atoms with Crippen molar-refractivity contribution in [3.05, 3.63) is 54.1 Å². The van der Waals surface area contributed by atoms with Gasteiger partial charge in [-0.1, -0.05) is 62.4 Å². The number of rotatable bonds is 18. The predicted octanol–water partition coefficient (Wildman–Crippen LogP) is 2.35. The summed E-state index contributed by atoms with van der Waals surface area (Å²) in [6.07, 6.45) is 10.0. The summed E-state index contributed by atoms with van der Waals surface area (Å²) in [5, 5.41) is 30.7. The summed E-state index contributed by atoms with van der Waals surface area (Å²) in [7, 11) is -4.16. The standard InChI is InChI=1S/C36H53N5O7S/c1-36(2,35(46)39-27-15-16-27)49(47,48)21-26(17-23-9-5-3-6-10-23)33(44)41-30(19-28-20-37-22-38-28)34(45)40-29(18-24-11-7-4-8-12-24)32(43)31(42)25-13-14-25/h3,5-6,9-10,20,22,24-27,29-32,42-43H,4,7-8,11-19,21H2,1-2H3,(H,37,38)(H,39,46)(H,40,45)(H,41,44)/t26-,29+,30+,31+,32-/m1/s1. The van der Waals surface area contributed by atoms with Crippen LogP contribution in [0.5, 0.6) is 0 Å². The van der Waals surface area contributed by atoms with Gasteiger partial charge in [0.1, 0.15) is 16.9 Å². The molecule has 3 fully saturated rings. The van der Waals surface area contributed by atoms with E-state index in [0.717, 1.165) is 63.4 Å². The number of carbonyl (C=O) groups excluding carboxylic acids is 3. The van der Waals surface area contributed by atoms with Crippen LogP contribution in [0.15, 0.2) is 42.9 Å². The molecule has 1 heterocycles. The number of carbonyl (C=O) groups is 3. The molecule has 0 radical (unpaired) electrons. The third-order valence-corrected chi connectivity index (χ3v) is 13.1. The van der Waals surface area contributed by atoms with Gasteiger partial charge in [-0.05, 0) is 69.8 Å². The highest BCUT2D eigenvalue weighted by molar-refractivity contribution is 7.93. The Labute approximate surface area is 289 Å². The Morgan fingerprint density at radius 1 is 0.939 bits per heavy atom. The summed E-state index contributed by atoms with van der Waals surface area (Å²) >= 11 is 0. The van der Waals surface area contributed by atoms with Gasteiger partial charge in [-0.15, -0.1) is 0 Å². The Morgan fingerprint density at radius 3 is 2.24 bits per heavy atom. The number of amides is 3. The molecule has 5 atom stereocenters. The van der Waals surface area contributed by atoms with Crippen molar-refractivity contribution in [1.29, 1.82) is 0 Å². The summed E-state index contributed by atoms with van der Waals surface area (Å²) in [6, 6.07) is 7.13. The molecule has 1 aromatic heterocycles. The van der Waals surface area contributed by atoms with Crippen LogP contribution in [0.4, 0.5) is 0 Å². The Hall–Kier alpha value is -3.29. The van der Waals surface area contributed by atoms with Crippen LogP contribution >= 0.6 is 0 Å². The molecule has 1 aromatic carbocycles. The SMILES string of the molecule is CC(C)(C(=O)NC1CC1)S(=O)(=O)C[C@@H](Cc1ccccc1)C(=O)N[C@@H](Cc1cnc[nH]1)C(=O)N[C@@H](CC1CCCCC1)[C@@H](O)[C@@H](O)C1CC1. The van der Waals surface area contributed by atoms with Crippen LogP contribution in [0.3, 0.4) is 0 Å². The quantitative estimate of drug-likeness (QED) is 0.137. The number of sulfone groups is 1. The van der Waals surface area contributed by atoms with Gasteiger partial charge < -0.3 is 31.1 Å². The average molecular weight is 700 g/mol. The van der Waals surface area contributed by atoms with Crippen molar-refractivity contribution in [3.63, 3.8) is 0 Å². The molecule has 49 heavy (non-hydrogen) atoms. The van der Waals surface area contributed by atoms with Crippen LogP contribution in [0.1, 0.15) is 89.3 Å². The molecule has 2 aromatic rings. The minimum atomic E-state index is -4.16. The van der Waals surface area contributed by atoms with Gasteiger partial charge in [0, 0.05) is 24.4 Å². The third kappa shape index (κ3) is 10.1. The number of hydrogen-bond donors (Lipinski definition) is 6. The first-order valence-electron chi connectivity index (χ1n) is 17.9. The molecule has 270 valence electrons. The highest BCUT2D eigenvalue weighted by Gasteiger charge is 2.46. The average Bonchev–Trinajstić information content (AvgIpc) is 4.03. The second-order valence-electron chi connectivity index (χ2n) is 14.9. The second kappa shape index (κ2) is 16.2. The summed E-state index contributed by atoms with van der Waals surface area (Å²) in [5.74, 6) is -3.21. The van der Waals surface area contributed by atoms with E-state index < -0.39 is 68.3 Å². The molecule has 0 spiro atoms. The van der Waals surface area contributed by atoms with Gasteiger partial charge in [0.25, 0.3) is 0 Å². The molecule has 0 aliphatic heterocycles. The van der Waals surface area contributed by atoms with E-state index in [1.807, 2.05) is 6.07 Å². The smallest absolute Gasteiger partial charge is 0.243 e. The van der Waals surface area contributed by atoms with Gasteiger partial charge in [-0.2, -0.15) is 0 Å². The van der Waals surface area contributed by atoms with Crippen molar-refractivity contribution in [2.75, 3.05) is 5.75 Å². The van der Waals surface area contributed by atoms with Gasteiger partial charge in [0.05, 0.1) is 30.1 Å². The zero-order chi connectivity index (χ0) is 35.2. The number of imidazole rings is 1. The van der Waals surface area contributed by atoms with Crippen LogP contribution in [0, 0.1) is 17.8 Å². The van der Waals surface area contributed by atoms with Gasteiger partial charge >= 0.3 is 0 Å². The molecule has 0 saturated heterocycles. The van der Waals surface area contributed by atoms with Gasteiger partial charge in [0.15, 0.2) is 9.84 Å². The van der Waals surface area contributed by atoms with Gasteiger partial charge in [0.2, 0.25) is 17.7 Å². The molecule has 3 amide bonds. The number of nitrogens with one attached hydrogen (secondary N) is 4. The van der Waals surface area contributed by atoms with Crippen molar-refractivity contribution in [3.8, 4) is 0 Å². The number of aromatic nitrogens is 2. The minimum Gasteiger partial charge on any atom is -0.390 e. The van der Waals surface area contributed by atoms with Crippen molar-refractivity contribution < 1.29 is 33.0 Å². The predicted molar refractivity (Wildman–Crippen MR) is 185 cm³/mol. The second-order valence-corrected chi connectivity index (χ2v) is 17.5. The minimum absolute atomic E-state index is 0.00227. The number of hydrogen-bond acceptors (Lipinski definition) is 8. The molecular formula is C36H53N5O7S. The monoisotopic (exact) mass is 699 g/mol. The first-order chi connectivity index (χ1) is 23.3. The summed E-state index contributed by atoms with van der Waals surface area (Å²) in [6.45, 7) is 2.72. The molecule has 3 aliphatic carbocycles. The molecule has 5 rings (SSSR count). The van der Waals surface area contributed by atoms with E-state index in [9.17, 15) is 33.0 Å². The van der Waals surface area contributed by atoms with Crippen LogP contribution in [-0.4, -0.2) is 87.2 Å². The van der Waals surface area contributed by atoms with Gasteiger partial charge in [-0.3, -0.25) is 14.4 Å². The fraction of sp³-hybridized carbons (Fsp3) is 0.667. The Bertz CT molecular complexity index is 1500. The lowest BCUT2D eigenvalue weighted by molar-refractivity contribution is -0.132. The maximum atomic E-state index is 14.1. The summed E-state index contributed by atoms with van der Waals surface area (Å²) < 4.78 is 25.9. The lowest BCUT2D eigenvalue weighted by Crippen LogP contribution is -2.57.